The molecule has 0 aromatic heterocycles. The predicted molar refractivity (Wildman–Crippen MR) is 73.5 cm³/mol. The zero-order valence-electron chi connectivity index (χ0n) is 9.84. The number of benzene rings is 1. The van der Waals surface area contributed by atoms with E-state index < -0.39 is 0 Å². The van der Waals surface area contributed by atoms with E-state index in [4.69, 9.17) is 21.1 Å². The fraction of sp³-hybridized carbons (Fsp3) is 0.538. The summed E-state index contributed by atoms with van der Waals surface area (Å²) in [5.41, 5.74) is 1.08. The van der Waals surface area contributed by atoms with Crippen LogP contribution in [0.15, 0.2) is 12.1 Å². The Bertz CT molecular complexity index is 391. The molecule has 0 radical (unpaired) electrons. The van der Waals surface area contributed by atoms with Crippen LogP contribution in [0.3, 0.4) is 0 Å². The third-order valence-electron chi connectivity index (χ3n) is 2.91. The summed E-state index contributed by atoms with van der Waals surface area (Å²) in [5.74, 6) is 2.24. The first-order valence-corrected chi connectivity index (χ1v) is 7.29. The van der Waals surface area contributed by atoms with Crippen molar-refractivity contribution in [3.8, 4) is 11.5 Å². The van der Waals surface area contributed by atoms with E-state index in [-0.39, 0.29) is 0 Å². The Kier molecular flexibility index (Phi) is 4.57. The van der Waals surface area contributed by atoms with E-state index in [0.29, 0.717) is 23.1 Å². The van der Waals surface area contributed by atoms with Crippen molar-refractivity contribution in [1.29, 1.82) is 0 Å². The van der Waals surface area contributed by atoms with Gasteiger partial charge in [0.2, 0.25) is 0 Å². The van der Waals surface area contributed by atoms with Crippen LogP contribution in [0.5, 0.6) is 11.5 Å². The molecule has 0 aliphatic heterocycles. The average molecular weight is 320 g/mol. The number of halogens is 2. The molecule has 2 nitrogen and oxygen atoms in total. The van der Waals surface area contributed by atoms with Gasteiger partial charge in [-0.15, -0.1) is 0 Å². The lowest BCUT2D eigenvalue weighted by Gasteiger charge is -2.13. The van der Waals surface area contributed by atoms with Gasteiger partial charge in [0.1, 0.15) is 0 Å². The Morgan fingerprint density at radius 1 is 1.41 bits per heavy atom. The van der Waals surface area contributed by atoms with Crippen molar-refractivity contribution in [2.45, 2.75) is 24.6 Å². The second kappa shape index (κ2) is 5.96. The SMILES string of the molecule is COc1cc(CBr)cc(Cl)c1OCCC1CC1. The fourth-order valence-corrected chi connectivity index (χ4v) is 2.34. The highest BCUT2D eigenvalue weighted by molar-refractivity contribution is 9.08. The first kappa shape index (κ1) is 13.0. The van der Waals surface area contributed by atoms with Crippen LogP contribution in [-0.2, 0) is 5.33 Å². The number of rotatable bonds is 6. The summed E-state index contributed by atoms with van der Waals surface area (Å²) in [6.45, 7) is 0.717. The van der Waals surface area contributed by atoms with Gasteiger partial charge in [-0.25, -0.2) is 0 Å². The quantitative estimate of drug-likeness (QED) is 0.723. The van der Waals surface area contributed by atoms with Gasteiger partial charge in [-0.3, -0.25) is 0 Å². The lowest BCUT2D eigenvalue weighted by molar-refractivity contribution is 0.283. The molecule has 1 aliphatic rings. The zero-order valence-corrected chi connectivity index (χ0v) is 12.2. The third-order valence-corrected chi connectivity index (χ3v) is 3.84. The van der Waals surface area contributed by atoms with Crippen LogP contribution in [0.2, 0.25) is 5.02 Å². The van der Waals surface area contributed by atoms with Gasteiger partial charge in [0.15, 0.2) is 11.5 Å². The van der Waals surface area contributed by atoms with Crippen LogP contribution in [0.1, 0.15) is 24.8 Å². The molecule has 1 fully saturated rings. The minimum atomic E-state index is 0.620. The molecule has 0 heterocycles. The number of ether oxygens (including phenoxy) is 2. The first-order valence-electron chi connectivity index (χ1n) is 5.79. The van der Waals surface area contributed by atoms with E-state index in [0.717, 1.165) is 23.2 Å². The monoisotopic (exact) mass is 318 g/mol. The molecule has 17 heavy (non-hydrogen) atoms. The van der Waals surface area contributed by atoms with E-state index in [1.165, 1.54) is 12.8 Å². The summed E-state index contributed by atoms with van der Waals surface area (Å²) >= 11 is 9.60. The molecule has 1 aromatic carbocycles. The van der Waals surface area contributed by atoms with Gasteiger partial charge in [0.25, 0.3) is 0 Å². The van der Waals surface area contributed by atoms with E-state index in [9.17, 15) is 0 Å². The van der Waals surface area contributed by atoms with Gasteiger partial charge in [-0.2, -0.15) is 0 Å². The number of alkyl halides is 1. The van der Waals surface area contributed by atoms with Crippen LogP contribution < -0.4 is 9.47 Å². The molecular formula is C13H16BrClO2. The highest BCUT2D eigenvalue weighted by Gasteiger charge is 2.21. The molecule has 0 saturated heterocycles. The summed E-state index contributed by atoms with van der Waals surface area (Å²) in [6, 6.07) is 3.86. The van der Waals surface area contributed by atoms with Gasteiger partial charge < -0.3 is 9.47 Å². The maximum Gasteiger partial charge on any atom is 0.179 e. The molecule has 94 valence electrons. The molecule has 1 aromatic rings. The molecular weight excluding hydrogens is 303 g/mol. The summed E-state index contributed by atoms with van der Waals surface area (Å²) in [6.07, 6.45) is 3.80. The van der Waals surface area contributed by atoms with Crippen LogP contribution in [0, 0.1) is 5.92 Å². The fourth-order valence-electron chi connectivity index (χ4n) is 1.72. The maximum absolute atomic E-state index is 6.20. The number of hydrogen-bond acceptors (Lipinski definition) is 2. The lowest BCUT2D eigenvalue weighted by Crippen LogP contribution is -2.01. The molecule has 0 atom stereocenters. The molecule has 0 unspecified atom stereocenters. The van der Waals surface area contributed by atoms with Crippen LogP contribution in [0.4, 0.5) is 0 Å². The largest absolute Gasteiger partial charge is 0.493 e. The van der Waals surface area contributed by atoms with Gasteiger partial charge in [0, 0.05) is 5.33 Å². The summed E-state index contributed by atoms with van der Waals surface area (Å²) in [7, 11) is 1.64. The van der Waals surface area contributed by atoms with Gasteiger partial charge in [-0.05, 0) is 30.0 Å². The van der Waals surface area contributed by atoms with Gasteiger partial charge in [-0.1, -0.05) is 40.4 Å². The van der Waals surface area contributed by atoms with Crippen molar-refractivity contribution in [2.75, 3.05) is 13.7 Å². The molecule has 0 amide bonds. The zero-order chi connectivity index (χ0) is 12.3. The number of methoxy groups -OCH3 is 1. The molecule has 0 N–H and O–H groups in total. The van der Waals surface area contributed by atoms with Crippen molar-refractivity contribution in [1.82, 2.24) is 0 Å². The minimum Gasteiger partial charge on any atom is -0.493 e. The van der Waals surface area contributed by atoms with Crippen LogP contribution in [-0.4, -0.2) is 13.7 Å². The van der Waals surface area contributed by atoms with Crippen LogP contribution in [0.25, 0.3) is 0 Å². The van der Waals surface area contributed by atoms with E-state index in [1.54, 1.807) is 7.11 Å². The molecule has 0 spiro atoms. The van der Waals surface area contributed by atoms with E-state index in [1.807, 2.05) is 12.1 Å². The lowest BCUT2D eigenvalue weighted by atomic mass is 10.2. The van der Waals surface area contributed by atoms with Gasteiger partial charge in [0.05, 0.1) is 18.7 Å². The minimum absolute atomic E-state index is 0.620. The second-order valence-corrected chi connectivity index (χ2v) is 5.29. The Morgan fingerprint density at radius 2 is 2.18 bits per heavy atom. The molecule has 4 heteroatoms. The summed E-state index contributed by atoms with van der Waals surface area (Å²) in [4.78, 5) is 0. The number of hydrogen-bond donors (Lipinski definition) is 0. The second-order valence-electron chi connectivity index (χ2n) is 4.32. The van der Waals surface area contributed by atoms with Crippen molar-refractivity contribution >= 4 is 27.5 Å². The smallest absolute Gasteiger partial charge is 0.179 e. The van der Waals surface area contributed by atoms with Gasteiger partial charge >= 0.3 is 0 Å². The summed E-state index contributed by atoms with van der Waals surface area (Å²) in [5, 5.41) is 1.38. The highest BCUT2D eigenvalue weighted by atomic mass is 79.9. The Hall–Kier alpha value is -0.410. The van der Waals surface area contributed by atoms with Crippen molar-refractivity contribution in [2.24, 2.45) is 5.92 Å². The van der Waals surface area contributed by atoms with E-state index >= 15 is 0 Å². The van der Waals surface area contributed by atoms with Crippen molar-refractivity contribution in [3.05, 3.63) is 22.7 Å². The normalized spacial score (nSPS) is 14.8. The van der Waals surface area contributed by atoms with E-state index in [2.05, 4.69) is 15.9 Å². The Morgan fingerprint density at radius 3 is 2.76 bits per heavy atom. The Labute approximate surface area is 115 Å². The topological polar surface area (TPSA) is 18.5 Å². The molecule has 1 saturated carbocycles. The Balaban J connectivity index is 2.06. The highest BCUT2D eigenvalue weighted by Crippen LogP contribution is 2.38. The first-order chi connectivity index (χ1) is 8.24. The average Bonchev–Trinajstić information content (AvgIpc) is 3.14. The van der Waals surface area contributed by atoms with Crippen molar-refractivity contribution in [3.63, 3.8) is 0 Å². The molecule has 1 aliphatic carbocycles. The predicted octanol–water partition coefficient (Wildman–Crippen LogP) is 4.42. The third kappa shape index (κ3) is 3.52. The maximum atomic E-state index is 6.20. The molecule has 0 bridgehead atoms. The standard InChI is InChI=1S/C13H16BrClO2/c1-16-12-7-10(8-14)6-11(15)13(12)17-5-4-9-2-3-9/h6-7,9H,2-5,8H2,1H3. The summed E-state index contributed by atoms with van der Waals surface area (Å²) < 4.78 is 11.0. The molecule has 2 rings (SSSR count). The van der Waals surface area contributed by atoms with Crippen molar-refractivity contribution < 1.29 is 9.47 Å². The van der Waals surface area contributed by atoms with Crippen LogP contribution >= 0.6 is 27.5 Å².